The van der Waals surface area contributed by atoms with Crippen molar-refractivity contribution in [1.82, 2.24) is 9.80 Å². The molecule has 2 aromatic carbocycles. The third-order valence-electron chi connectivity index (χ3n) is 8.45. The SMILES string of the molecule is COc1ccccc1C(=O)N1C(C(=O)N2CCN(c3cccc(C)c3C)CC2)CC2CCCCC21. The summed E-state index contributed by atoms with van der Waals surface area (Å²) in [5, 5.41) is 0. The fourth-order valence-electron chi connectivity index (χ4n) is 6.39. The number of carbonyl (C=O) groups excluding carboxylic acids is 2. The molecule has 35 heavy (non-hydrogen) atoms. The molecule has 3 aliphatic rings. The lowest BCUT2D eigenvalue weighted by molar-refractivity contribution is -0.136. The van der Waals surface area contributed by atoms with Crippen LogP contribution in [-0.4, -0.2) is 67.0 Å². The topological polar surface area (TPSA) is 53.1 Å². The molecule has 2 heterocycles. The molecule has 3 atom stereocenters. The molecular formula is C29H37N3O3. The molecule has 186 valence electrons. The van der Waals surface area contributed by atoms with Gasteiger partial charge in [-0.2, -0.15) is 0 Å². The minimum absolute atomic E-state index is 0.0655. The molecule has 3 unspecified atom stereocenters. The average molecular weight is 476 g/mol. The van der Waals surface area contributed by atoms with E-state index in [0.29, 0.717) is 30.3 Å². The van der Waals surface area contributed by atoms with Gasteiger partial charge in [0.05, 0.1) is 12.7 Å². The lowest BCUT2D eigenvalue weighted by Gasteiger charge is -2.40. The van der Waals surface area contributed by atoms with E-state index in [1.807, 2.05) is 34.1 Å². The Morgan fingerprint density at radius 1 is 0.914 bits per heavy atom. The first-order valence-corrected chi connectivity index (χ1v) is 13.0. The number of piperazine rings is 1. The number of anilines is 1. The van der Waals surface area contributed by atoms with Gasteiger partial charge in [-0.1, -0.05) is 37.1 Å². The maximum atomic E-state index is 13.9. The van der Waals surface area contributed by atoms with Crippen LogP contribution in [0.25, 0.3) is 0 Å². The van der Waals surface area contributed by atoms with E-state index in [0.717, 1.165) is 38.8 Å². The van der Waals surface area contributed by atoms with Crippen LogP contribution in [-0.2, 0) is 4.79 Å². The third kappa shape index (κ3) is 4.39. The van der Waals surface area contributed by atoms with Gasteiger partial charge in [0.1, 0.15) is 11.8 Å². The fourth-order valence-corrected chi connectivity index (χ4v) is 6.39. The van der Waals surface area contributed by atoms with Crippen LogP contribution in [0.3, 0.4) is 0 Å². The van der Waals surface area contributed by atoms with Crippen molar-refractivity contribution in [3.05, 3.63) is 59.2 Å². The molecule has 2 aromatic rings. The first-order valence-electron chi connectivity index (χ1n) is 13.0. The van der Waals surface area contributed by atoms with Gasteiger partial charge in [-0.05, 0) is 68.4 Å². The molecule has 0 radical (unpaired) electrons. The molecule has 3 fully saturated rings. The number of aryl methyl sites for hydroxylation is 1. The highest BCUT2D eigenvalue weighted by atomic mass is 16.5. The molecule has 0 aromatic heterocycles. The van der Waals surface area contributed by atoms with E-state index in [-0.39, 0.29) is 23.9 Å². The summed E-state index contributed by atoms with van der Waals surface area (Å²) < 4.78 is 5.50. The summed E-state index contributed by atoms with van der Waals surface area (Å²) in [6.07, 6.45) is 5.17. The Hall–Kier alpha value is -3.02. The van der Waals surface area contributed by atoms with Crippen LogP contribution < -0.4 is 9.64 Å². The summed E-state index contributed by atoms with van der Waals surface area (Å²) in [4.78, 5) is 34.1. The van der Waals surface area contributed by atoms with Crippen molar-refractivity contribution in [2.75, 3.05) is 38.2 Å². The second kappa shape index (κ2) is 9.92. The summed E-state index contributed by atoms with van der Waals surface area (Å²) in [6, 6.07) is 13.6. The number of hydrogen-bond acceptors (Lipinski definition) is 4. The Morgan fingerprint density at radius 2 is 1.66 bits per heavy atom. The Balaban J connectivity index is 1.35. The molecule has 2 saturated heterocycles. The van der Waals surface area contributed by atoms with E-state index in [1.165, 1.54) is 23.2 Å². The molecule has 2 amide bonds. The quantitative estimate of drug-likeness (QED) is 0.656. The number of carbonyl (C=O) groups is 2. The van der Waals surface area contributed by atoms with Crippen molar-refractivity contribution in [2.24, 2.45) is 5.92 Å². The van der Waals surface area contributed by atoms with Crippen LogP contribution in [0.4, 0.5) is 5.69 Å². The van der Waals surface area contributed by atoms with Crippen molar-refractivity contribution in [2.45, 2.75) is 58.0 Å². The zero-order chi connectivity index (χ0) is 24.5. The summed E-state index contributed by atoms with van der Waals surface area (Å²) in [5.41, 5.74) is 4.41. The van der Waals surface area contributed by atoms with Gasteiger partial charge in [0.25, 0.3) is 5.91 Å². The highest BCUT2D eigenvalue weighted by Crippen LogP contribution is 2.42. The van der Waals surface area contributed by atoms with Crippen LogP contribution in [0.2, 0.25) is 0 Å². The Morgan fingerprint density at radius 3 is 2.43 bits per heavy atom. The monoisotopic (exact) mass is 475 g/mol. The molecule has 6 nitrogen and oxygen atoms in total. The number of methoxy groups -OCH3 is 1. The summed E-state index contributed by atoms with van der Waals surface area (Å²) >= 11 is 0. The van der Waals surface area contributed by atoms with E-state index in [9.17, 15) is 9.59 Å². The van der Waals surface area contributed by atoms with Crippen molar-refractivity contribution < 1.29 is 14.3 Å². The Bertz CT molecular complexity index is 1090. The number of ether oxygens (including phenoxy) is 1. The molecule has 0 bridgehead atoms. The third-order valence-corrected chi connectivity index (χ3v) is 8.45. The molecule has 5 rings (SSSR count). The van der Waals surface area contributed by atoms with Crippen LogP contribution in [0.1, 0.15) is 53.6 Å². The van der Waals surface area contributed by atoms with Crippen molar-refractivity contribution in [1.29, 1.82) is 0 Å². The molecule has 1 saturated carbocycles. The Labute approximate surface area is 208 Å². The summed E-state index contributed by atoms with van der Waals surface area (Å²) in [5.74, 6) is 1.03. The van der Waals surface area contributed by atoms with E-state index < -0.39 is 0 Å². The molecular weight excluding hydrogens is 438 g/mol. The largest absolute Gasteiger partial charge is 0.496 e. The van der Waals surface area contributed by atoms with Gasteiger partial charge in [-0.3, -0.25) is 9.59 Å². The number of likely N-dealkylation sites (tertiary alicyclic amines) is 1. The maximum Gasteiger partial charge on any atom is 0.258 e. The number of benzene rings is 2. The number of amides is 2. The van der Waals surface area contributed by atoms with Gasteiger partial charge in [0.15, 0.2) is 0 Å². The normalized spacial score (nSPS) is 24.3. The lowest BCUT2D eigenvalue weighted by Crippen LogP contribution is -2.55. The molecule has 2 aliphatic heterocycles. The van der Waals surface area contributed by atoms with Crippen molar-refractivity contribution in [3.8, 4) is 5.75 Å². The van der Waals surface area contributed by atoms with Gasteiger partial charge in [0.2, 0.25) is 5.91 Å². The lowest BCUT2D eigenvalue weighted by atomic mass is 9.84. The number of hydrogen-bond donors (Lipinski definition) is 0. The van der Waals surface area contributed by atoms with Gasteiger partial charge in [0, 0.05) is 37.9 Å². The van der Waals surface area contributed by atoms with Crippen LogP contribution in [0, 0.1) is 19.8 Å². The van der Waals surface area contributed by atoms with Crippen molar-refractivity contribution in [3.63, 3.8) is 0 Å². The second-order valence-corrected chi connectivity index (χ2v) is 10.3. The minimum Gasteiger partial charge on any atom is -0.496 e. The van der Waals surface area contributed by atoms with Gasteiger partial charge < -0.3 is 19.4 Å². The molecule has 6 heteroatoms. The van der Waals surface area contributed by atoms with E-state index >= 15 is 0 Å². The molecule has 0 N–H and O–H groups in total. The van der Waals surface area contributed by atoms with Gasteiger partial charge >= 0.3 is 0 Å². The first-order chi connectivity index (χ1) is 17.0. The standard InChI is InChI=1S/C29H37N3O3/c1-20-9-8-13-24(21(20)2)30-15-17-31(18-16-30)29(34)26-19-22-10-4-6-12-25(22)32(26)28(33)23-11-5-7-14-27(23)35-3/h5,7-9,11,13-14,22,25-26H,4,6,10,12,15-19H2,1-3H3. The zero-order valence-corrected chi connectivity index (χ0v) is 21.2. The Kier molecular flexibility index (Phi) is 6.72. The second-order valence-electron chi connectivity index (χ2n) is 10.3. The van der Waals surface area contributed by atoms with Crippen LogP contribution in [0.15, 0.2) is 42.5 Å². The van der Waals surface area contributed by atoms with E-state index in [2.05, 4.69) is 36.9 Å². The smallest absolute Gasteiger partial charge is 0.258 e. The number of nitrogens with zero attached hydrogens (tertiary/aromatic N) is 3. The predicted molar refractivity (Wildman–Crippen MR) is 138 cm³/mol. The zero-order valence-electron chi connectivity index (χ0n) is 21.2. The number of rotatable bonds is 4. The van der Waals surface area contributed by atoms with Crippen LogP contribution >= 0.6 is 0 Å². The highest BCUT2D eigenvalue weighted by molar-refractivity contribution is 6.00. The van der Waals surface area contributed by atoms with Crippen molar-refractivity contribution >= 4 is 17.5 Å². The highest BCUT2D eigenvalue weighted by Gasteiger charge is 2.49. The number of fused-ring (bicyclic) bond motifs is 1. The maximum absolute atomic E-state index is 13.9. The van der Waals surface area contributed by atoms with Gasteiger partial charge in [-0.15, -0.1) is 0 Å². The summed E-state index contributed by atoms with van der Waals surface area (Å²) in [6.45, 7) is 7.32. The van der Waals surface area contributed by atoms with Crippen LogP contribution in [0.5, 0.6) is 5.75 Å². The molecule has 1 aliphatic carbocycles. The van der Waals surface area contributed by atoms with E-state index in [1.54, 1.807) is 7.11 Å². The summed E-state index contributed by atoms with van der Waals surface area (Å²) in [7, 11) is 1.59. The molecule has 0 spiro atoms. The fraction of sp³-hybridized carbons (Fsp3) is 0.517. The first kappa shape index (κ1) is 23.7. The van der Waals surface area contributed by atoms with E-state index in [4.69, 9.17) is 4.74 Å². The van der Waals surface area contributed by atoms with Gasteiger partial charge in [-0.25, -0.2) is 0 Å². The number of para-hydroxylation sites is 1. The minimum atomic E-state index is -0.382. The average Bonchev–Trinajstić information content (AvgIpc) is 3.29. The predicted octanol–water partition coefficient (Wildman–Crippen LogP) is 4.43.